The Bertz CT molecular complexity index is 107. The Labute approximate surface area is 55.5 Å². The highest BCUT2D eigenvalue weighted by Gasteiger charge is 2.17. The van der Waals surface area contributed by atoms with E-state index in [0.717, 1.165) is 0 Å². The molecule has 0 spiro atoms. The lowest BCUT2D eigenvalue weighted by molar-refractivity contribution is 0.0152. The van der Waals surface area contributed by atoms with Gasteiger partial charge in [0.2, 0.25) is 0 Å². The van der Waals surface area contributed by atoms with Crippen LogP contribution in [0.1, 0.15) is 20.8 Å². The van der Waals surface area contributed by atoms with Gasteiger partial charge in [0.05, 0.1) is 5.76 Å². The molecule has 0 fully saturated rings. The summed E-state index contributed by atoms with van der Waals surface area (Å²) < 4.78 is 17.0. The molecule has 0 radical (unpaired) electrons. The van der Waals surface area contributed by atoms with E-state index in [4.69, 9.17) is 4.74 Å². The highest BCUT2D eigenvalue weighted by Crippen LogP contribution is 2.12. The van der Waals surface area contributed by atoms with E-state index in [9.17, 15) is 4.39 Å². The van der Waals surface area contributed by atoms with Crippen molar-refractivity contribution in [2.24, 2.45) is 0 Å². The van der Waals surface area contributed by atoms with Crippen molar-refractivity contribution in [3.8, 4) is 0 Å². The molecular weight excluding hydrogens is 119 g/mol. The van der Waals surface area contributed by atoms with Gasteiger partial charge < -0.3 is 4.74 Å². The zero-order valence-corrected chi connectivity index (χ0v) is 6.20. The van der Waals surface area contributed by atoms with Crippen molar-refractivity contribution in [2.75, 3.05) is 6.67 Å². The molecule has 2 heteroatoms. The second-order valence-corrected chi connectivity index (χ2v) is 2.70. The first kappa shape index (κ1) is 8.47. The first-order chi connectivity index (χ1) is 3.98. The lowest BCUT2D eigenvalue weighted by Gasteiger charge is -2.22. The average molecular weight is 132 g/mol. The predicted octanol–water partition coefficient (Wildman–Crippen LogP) is 2.28. The molecule has 0 aliphatic rings. The van der Waals surface area contributed by atoms with Crippen molar-refractivity contribution in [3.05, 3.63) is 12.3 Å². The van der Waals surface area contributed by atoms with Gasteiger partial charge >= 0.3 is 0 Å². The SMILES string of the molecule is C=C(C)OC(C)(C)CF. The third kappa shape index (κ3) is 4.01. The quantitative estimate of drug-likeness (QED) is 0.535. The summed E-state index contributed by atoms with van der Waals surface area (Å²) in [5, 5.41) is 0. The monoisotopic (exact) mass is 132 g/mol. The molecule has 0 heterocycles. The molecule has 0 saturated heterocycles. The Morgan fingerprint density at radius 3 is 2.22 bits per heavy atom. The topological polar surface area (TPSA) is 9.23 Å². The van der Waals surface area contributed by atoms with Gasteiger partial charge in [0.1, 0.15) is 12.3 Å². The Hall–Kier alpha value is -0.530. The molecule has 0 bridgehead atoms. The van der Waals surface area contributed by atoms with E-state index in [1.807, 2.05) is 0 Å². The highest BCUT2D eigenvalue weighted by atomic mass is 19.1. The fourth-order valence-electron chi connectivity index (χ4n) is 0.499. The van der Waals surface area contributed by atoms with Gasteiger partial charge in [-0.3, -0.25) is 0 Å². The first-order valence-corrected chi connectivity index (χ1v) is 2.88. The molecule has 0 rings (SSSR count). The number of rotatable bonds is 3. The van der Waals surface area contributed by atoms with Crippen LogP contribution in [0.5, 0.6) is 0 Å². The van der Waals surface area contributed by atoms with Crippen LogP contribution < -0.4 is 0 Å². The zero-order chi connectivity index (χ0) is 7.49. The fraction of sp³-hybridized carbons (Fsp3) is 0.714. The van der Waals surface area contributed by atoms with E-state index in [-0.39, 0.29) is 0 Å². The van der Waals surface area contributed by atoms with Crippen LogP contribution in [0.25, 0.3) is 0 Å². The molecule has 0 aliphatic heterocycles. The maximum Gasteiger partial charge on any atom is 0.131 e. The van der Waals surface area contributed by atoms with Gasteiger partial charge in [-0.1, -0.05) is 6.58 Å². The minimum absolute atomic E-state index is 0.486. The summed E-state index contributed by atoms with van der Waals surface area (Å²) in [5.74, 6) is 0.553. The zero-order valence-electron chi connectivity index (χ0n) is 6.20. The van der Waals surface area contributed by atoms with Gasteiger partial charge in [0, 0.05) is 0 Å². The number of hydrogen-bond acceptors (Lipinski definition) is 1. The van der Waals surface area contributed by atoms with Crippen LogP contribution in [-0.4, -0.2) is 12.3 Å². The summed E-state index contributed by atoms with van der Waals surface area (Å²) in [7, 11) is 0. The largest absolute Gasteiger partial charge is 0.490 e. The standard InChI is InChI=1S/C7H13FO/c1-6(2)9-7(3,4)5-8/h1,5H2,2-4H3. The molecule has 1 nitrogen and oxygen atoms in total. The third-order valence-corrected chi connectivity index (χ3v) is 0.772. The number of hydrogen-bond donors (Lipinski definition) is 0. The Morgan fingerprint density at radius 2 is 2.11 bits per heavy atom. The van der Waals surface area contributed by atoms with Gasteiger partial charge in [0.15, 0.2) is 0 Å². The van der Waals surface area contributed by atoms with E-state index in [0.29, 0.717) is 5.76 Å². The molecule has 54 valence electrons. The van der Waals surface area contributed by atoms with Gasteiger partial charge in [-0.15, -0.1) is 0 Å². The minimum Gasteiger partial charge on any atom is -0.490 e. The second kappa shape index (κ2) is 2.85. The van der Waals surface area contributed by atoms with Crippen molar-refractivity contribution in [1.29, 1.82) is 0 Å². The predicted molar refractivity (Wildman–Crippen MR) is 36.0 cm³/mol. The van der Waals surface area contributed by atoms with E-state index >= 15 is 0 Å². The van der Waals surface area contributed by atoms with Crippen LogP contribution >= 0.6 is 0 Å². The second-order valence-electron chi connectivity index (χ2n) is 2.70. The van der Waals surface area contributed by atoms with Gasteiger partial charge in [0.25, 0.3) is 0 Å². The van der Waals surface area contributed by atoms with Crippen LogP contribution in [-0.2, 0) is 4.74 Å². The highest BCUT2D eigenvalue weighted by molar-refractivity contribution is 4.81. The molecule has 0 N–H and O–H groups in total. The summed E-state index contributed by atoms with van der Waals surface area (Å²) in [5.41, 5.74) is -0.703. The Balaban J connectivity index is 3.71. The number of ether oxygens (including phenoxy) is 1. The van der Waals surface area contributed by atoms with Crippen molar-refractivity contribution in [1.82, 2.24) is 0 Å². The Kier molecular flexibility index (Phi) is 2.68. The van der Waals surface area contributed by atoms with E-state index in [2.05, 4.69) is 6.58 Å². The van der Waals surface area contributed by atoms with Crippen molar-refractivity contribution < 1.29 is 9.13 Å². The molecule has 0 aromatic carbocycles. The molecule has 0 unspecified atom stereocenters. The van der Waals surface area contributed by atoms with Crippen LogP contribution in [0.15, 0.2) is 12.3 Å². The number of alkyl halides is 1. The molecule has 0 aliphatic carbocycles. The lowest BCUT2D eigenvalue weighted by Crippen LogP contribution is -2.25. The molecule has 9 heavy (non-hydrogen) atoms. The minimum atomic E-state index is -0.703. The van der Waals surface area contributed by atoms with Crippen molar-refractivity contribution >= 4 is 0 Å². The van der Waals surface area contributed by atoms with Crippen LogP contribution in [0.2, 0.25) is 0 Å². The Morgan fingerprint density at radius 1 is 1.67 bits per heavy atom. The summed E-state index contributed by atoms with van der Waals surface area (Å²) in [6.45, 7) is 8.08. The summed E-state index contributed by atoms with van der Waals surface area (Å²) >= 11 is 0. The number of halogens is 1. The summed E-state index contributed by atoms with van der Waals surface area (Å²) in [6.07, 6.45) is 0. The molecule has 0 amide bonds. The lowest BCUT2D eigenvalue weighted by atomic mass is 10.2. The van der Waals surface area contributed by atoms with Crippen LogP contribution in [0, 0.1) is 0 Å². The first-order valence-electron chi connectivity index (χ1n) is 2.88. The van der Waals surface area contributed by atoms with Crippen LogP contribution in [0.3, 0.4) is 0 Å². The maximum atomic E-state index is 12.0. The van der Waals surface area contributed by atoms with Crippen LogP contribution in [0.4, 0.5) is 4.39 Å². The average Bonchev–Trinajstić information content (AvgIpc) is 1.63. The number of allylic oxidation sites excluding steroid dienone is 1. The fourth-order valence-corrected chi connectivity index (χ4v) is 0.499. The van der Waals surface area contributed by atoms with Gasteiger partial charge in [-0.05, 0) is 20.8 Å². The molecule has 0 atom stereocenters. The molecule has 0 saturated carbocycles. The third-order valence-electron chi connectivity index (χ3n) is 0.772. The molecule has 0 aromatic rings. The summed E-state index contributed by atoms with van der Waals surface area (Å²) in [4.78, 5) is 0. The van der Waals surface area contributed by atoms with Crippen molar-refractivity contribution in [2.45, 2.75) is 26.4 Å². The smallest absolute Gasteiger partial charge is 0.131 e. The van der Waals surface area contributed by atoms with E-state index < -0.39 is 12.3 Å². The van der Waals surface area contributed by atoms with E-state index in [1.54, 1.807) is 20.8 Å². The summed E-state index contributed by atoms with van der Waals surface area (Å²) in [6, 6.07) is 0. The van der Waals surface area contributed by atoms with Gasteiger partial charge in [-0.2, -0.15) is 0 Å². The van der Waals surface area contributed by atoms with Crippen molar-refractivity contribution in [3.63, 3.8) is 0 Å². The normalized spacial score (nSPS) is 11.1. The molecule has 0 aromatic heterocycles. The maximum absolute atomic E-state index is 12.0. The van der Waals surface area contributed by atoms with Gasteiger partial charge in [-0.25, -0.2) is 4.39 Å². The molecular formula is C7H13FO. The van der Waals surface area contributed by atoms with E-state index in [1.165, 1.54) is 0 Å².